The lowest BCUT2D eigenvalue weighted by Crippen LogP contribution is -2.04. The van der Waals surface area contributed by atoms with E-state index in [0.717, 1.165) is 21.9 Å². The highest BCUT2D eigenvalue weighted by atomic mass is 35.5. The molecule has 0 N–H and O–H groups in total. The van der Waals surface area contributed by atoms with Gasteiger partial charge in [-0.1, -0.05) is 60.1 Å². The van der Waals surface area contributed by atoms with Crippen LogP contribution in [-0.4, -0.2) is 13.1 Å². The van der Waals surface area contributed by atoms with Gasteiger partial charge in [0.2, 0.25) is 0 Å². The Hall–Kier alpha value is -2.32. The Bertz CT molecular complexity index is 807. The number of carbonyl (C=O) groups is 1. The summed E-state index contributed by atoms with van der Waals surface area (Å²) in [5.74, 6) is -0.336. The summed E-state index contributed by atoms with van der Waals surface area (Å²) >= 11 is 5.93. The molecule has 0 saturated heterocycles. The van der Waals surface area contributed by atoms with Crippen molar-refractivity contribution < 1.29 is 9.53 Å². The zero-order valence-electron chi connectivity index (χ0n) is 11.5. The second-order valence-corrected chi connectivity index (χ2v) is 5.14. The number of fused-ring (bicyclic) bond motifs is 1. The number of esters is 1. The van der Waals surface area contributed by atoms with Crippen molar-refractivity contribution in [2.24, 2.45) is 0 Å². The largest absolute Gasteiger partial charge is 0.465 e. The maximum Gasteiger partial charge on any atom is 0.339 e. The molecule has 3 heteroatoms. The van der Waals surface area contributed by atoms with Crippen molar-refractivity contribution in [2.45, 2.75) is 0 Å². The van der Waals surface area contributed by atoms with Crippen LogP contribution >= 0.6 is 11.6 Å². The van der Waals surface area contributed by atoms with Gasteiger partial charge in [0.15, 0.2) is 0 Å². The van der Waals surface area contributed by atoms with E-state index in [1.165, 1.54) is 7.11 Å². The summed E-state index contributed by atoms with van der Waals surface area (Å²) in [5.41, 5.74) is 2.36. The molecule has 0 saturated carbocycles. The molecule has 2 nitrogen and oxygen atoms in total. The zero-order chi connectivity index (χ0) is 14.8. The normalized spacial score (nSPS) is 10.6. The molecule has 0 amide bonds. The van der Waals surface area contributed by atoms with E-state index >= 15 is 0 Å². The zero-order valence-corrected chi connectivity index (χ0v) is 12.2. The van der Waals surface area contributed by atoms with Gasteiger partial charge in [-0.15, -0.1) is 0 Å². The quantitative estimate of drug-likeness (QED) is 0.626. The number of benzene rings is 3. The molecule has 3 rings (SSSR count). The summed E-state index contributed by atoms with van der Waals surface area (Å²) in [6, 6.07) is 19.2. The number of rotatable bonds is 2. The minimum atomic E-state index is -0.336. The molecule has 0 radical (unpaired) electrons. The molecule has 21 heavy (non-hydrogen) atoms. The van der Waals surface area contributed by atoms with Crippen LogP contribution in [0.4, 0.5) is 0 Å². The molecule has 0 fully saturated rings. The van der Waals surface area contributed by atoms with E-state index in [1.54, 1.807) is 0 Å². The first-order chi connectivity index (χ1) is 10.2. The van der Waals surface area contributed by atoms with Gasteiger partial charge < -0.3 is 4.74 Å². The first-order valence-electron chi connectivity index (χ1n) is 6.56. The molecule has 0 aliphatic carbocycles. The molecule has 104 valence electrons. The monoisotopic (exact) mass is 296 g/mol. The lowest BCUT2D eigenvalue weighted by atomic mass is 9.94. The molecular formula is C18H13ClO2. The maximum absolute atomic E-state index is 12.2. The predicted octanol–water partition coefficient (Wildman–Crippen LogP) is 4.95. The van der Waals surface area contributed by atoms with Crippen LogP contribution in [0.15, 0.2) is 60.7 Å². The predicted molar refractivity (Wildman–Crippen MR) is 85.7 cm³/mol. The highest BCUT2D eigenvalue weighted by Crippen LogP contribution is 2.31. The lowest BCUT2D eigenvalue weighted by Gasteiger charge is -2.12. The van der Waals surface area contributed by atoms with Crippen LogP contribution in [0.3, 0.4) is 0 Å². The Morgan fingerprint density at radius 1 is 0.952 bits per heavy atom. The molecule has 0 atom stereocenters. The average Bonchev–Trinajstić information content (AvgIpc) is 2.54. The molecule has 0 aliphatic rings. The fraction of sp³-hybridized carbons (Fsp3) is 0.0556. The van der Waals surface area contributed by atoms with E-state index in [2.05, 4.69) is 0 Å². The van der Waals surface area contributed by atoms with Crippen molar-refractivity contribution in [1.82, 2.24) is 0 Å². The van der Waals surface area contributed by atoms with Gasteiger partial charge in [-0.3, -0.25) is 0 Å². The highest BCUT2D eigenvalue weighted by molar-refractivity contribution is 6.30. The number of methoxy groups -OCH3 is 1. The molecular weight excluding hydrogens is 284 g/mol. The van der Waals surface area contributed by atoms with Crippen LogP contribution in [0.2, 0.25) is 5.02 Å². The second-order valence-electron chi connectivity index (χ2n) is 4.71. The fourth-order valence-electron chi connectivity index (χ4n) is 2.46. The minimum Gasteiger partial charge on any atom is -0.465 e. The molecule has 0 bridgehead atoms. The van der Waals surface area contributed by atoms with Crippen LogP contribution in [-0.2, 0) is 4.74 Å². The molecule has 0 aliphatic heterocycles. The number of hydrogen-bond donors (Lipinski definition) is 0. The third-order valence-corrected chi connectivity index (χ3v) is 3.73. The Labute approximate surface area is 127 Å². The van der Waals surface area contributed by atoms with E-state index < -0.39 is 0 Å². The third-order valence-electron chi connectivity index (χ3n) is 3.47. The van der Waals surface area contributed by atoms with Crippen LogP contribution in [0.5, 0.6) is 0 Å². The van der Waals surface area contributed by atoms with Gasteiger partial charge in [0.25, 0.3) is 0 Å². The van der Waals surface area contributed by atoms with Gasteiger partial charge in [0.05, 0.1) is 12.7 Å². The first kappa shape index (κ1) is 13.7. The van der Waals surface area contributed by atoms with Gasteiger partial charge in [-0.25, -0.2) is 4.79 Å². The van der Waals surface area contributed by atoms with E-state index in [-0.39, 0.29) is 5.97 Å². The SMILES string of the molecule is COC(=O)c1c(-c2ccc(Cl)cc2)ccc2ccccc12. The van der Waals surface area contributed by atoms with E-state index in [0.29, 0.717) is 10.6 Å². The first-order valence-corrected chi connectivity index (χ1v) is 6.94. The van der Waals surface area contributed by atoms with E-state index in [9.17, 15) is 4.79 Å². The Morgan fingerprint density at radius 3 is 2.38 bits per heavy atom. The summed E-state index contributed by atoms with van der Waals surface area (Å²) in [4.78, 5) is 12.2. The highest BCUT2D eigenvalue weighted by Gasteiger charge is 2.16. The molecule has 3 aromatic rings. The summed E-state index contributed by atoms with van der Waals surface area (Å²) in [7, 11) is 1.40. The van der Waals surface area contributed by atoms with Gasteiger partial charge in [0.1, 0.15) is 0 Å². The average molecular weight is 297 g/mol. The smallest absolute Gasteiger partial charge is 0.339 e. The number of halogens is 1. The van der Waals surface area contributed by atoms with Crippen LogP contribution in [0.25, 0.3) is 21.9 Å². The van der Waals surface area contributed by atoms with Crippen LogP contribution in [0, 0.1) is 0 Å². The molecule has 0 aromatic heterocycles. The fourth-order valence-corrected chi connectivity index (χ4v) is 2.59. The Kier molecular flexibility index (Phi) is 3.63. The Morgan fingerprint density at radius 2 is 1.67 bits per heavy atom. The maximum atomic E-state index is 12.2. The van der Waals surface area contributed by atoms with Crippen molar-refractivity contribution in [1.29, 1.82) is 0 Å². The van der Waals surface area contributed by atoms with E-state index in [4.69, 9.17) is 16.3 Å². The van der Waals surface area contributed by atoms with Crippen LogP contribution in [0.1, 0.15) is 10.4 Å². The summed E-state index contributed by atoms with van der Waals surface area (Å²) in [6.45, 7) is 0. The van der Waals surface area contributed by atoms with Crippen molar-refractivity contribution in [3.8, 4) is 11.1 Å². The summed E-state index contributed by atoms with van der Waals surface area (Å²) < 4.78 is 4.97. The Balaban J connectivity index is 2.31. The van der Waals surface area contributed by atoms with Gasteiger partial charge in [-0.05, 0) is 34.0 Å². The van der Waals surface area contributed by atoms with Crippen molar-refractivity contribution in [2.75, 3.05) is 7.11 Å². The van der Waals surface area contributed by atoms with E-state index in [1.807, 2.05) is 60.7 Å². The van der Waals surface area contributed by atoms with Crippen molar-refractivity contribution >= 4 is 28.3 Å². The molecule has 3 aromatic carbocycles. The third kappa shape index (κ3) is 2.50. The number of hydrogen-bond acceptors (Lipinski definition) is 2. The summed E-state index contributed by atoms with van der Waals surface area (Å²) in [5, 5.41) is 2.56. The standard InChI is InChI=1S/C18H13ClO2/c1-21-18(20)17-15-5-3-2-4-12(15)8-11-16(17)13-6-9-14(19)10-7-13/h2-11H,1H3. The van der Waals surface area contributed by atoms with Crippen molar-refractivity contribution in [3.05, 3.63) is 71.2 Å². The van der Waals surface area contributed by atoms with Crippen molar-refractivity contribution in [3.63, 3.8) is 0 Å². The van der Waals surface area contributed by atoms with Gasteiger partial charge >= 0.3 is 5.97 Å². The molecule has 0 unspecified atom stereocenters. The van der Waals surface area contributed by atoms with Crippen LogP contribution < -0.4 is 0 Å². The minimum absolute atomic E-state index is 0.336. The molecule has 0 spiro atoms. The number of carbonyl (C=O) groups excluding carboxylic acids is 1. The molecule has 0 heterocycles. The topological polar surface area (TPSA) is 26.3 Å². The summed E-state index contributed by atoms with van der Waals surface area (Å²) in [6.07, 6.45) is 0. The second kappa shape index (κ2) is 5.58. The van der Waals surface area contributed by atoms with Gasteiger partial charge in [-0.2, -0.15) is 0 Å². The number of ether oxygens (including phenoxy) is 1. The van der Waals surface area contributed by atoms with Gasteiger partial charge in [0, 0.05) is 5.02 Å². The lowest BCUT2D eigenvalue weighted by molar-refractivity contribution is 0.0604.